The van der Waals surface area contributed by atoms with E-state index in [0.717, 1.165) is 47.9 Å². The summed E-state index contributed by atoms with van der Waals surface area (Å²) < 4.78 is 7.85. The molecular formula is C25H31ClN4O2. The monoisotopic (exact) mass is 454 g/mol. The van der Waals surface area contributed by atoms with Crippen molar-refractivity contribution >= 4 is 34.7 Å². The SMILES string of the molecule is CN(C(=O)OC(C)(C)C)C1CCCN(c2nc3ccccc3n2Cc2ccc(Cl)cc2)C1. The van der Waals surface area contributed by atoms with Gasteiger partial charge in [0.1, 0.15) is 5.60 Å². The summed E-state index contributed by atoms with van der Waals surface area (Å²) in [5.41, 5.74) is 2.73. The number of piperidine rings is 1. The second kappa shape index (κ2) is 9.02. The highest BCUT2D eigenvalue weighted by Gasteiger charge is 2.31. The van der Waals surface area contributed by atoms with Crippen molar-refractivity contribution in [2.45, 2.75) is 51.8 Å². The van der Waals surface area contributed by atoms with Crippen molar-refractivity contribution in [3.8, 4) is 0 Å². The molecule has 1 atom stereocenters. The molecule has 170 valence electrons. The summed E-state index contributed by atoms with van der Waals surface area (Å²) in [5, 5.41) is 0.730. The smallest absolute Gasteiger partial charge is 0.410 e. The van der Waals surface area contributed by atoms with Gasteiger partial charge in [-0.05, 0) is 63.4 Å². The third kappa shape index (κ3) is 5.01. The zero-order valence-corrected chi connectivity index (χ0v) is 20.0. The number of ether oxygens (including phenoxy) is 1. The number of anilines is 1. The van der Waals surface area contributed by atoms with Gasteiger partial charge >= 0.3 is 6.09 Å². The number of carbonyl (C=O) groups excluding carboxylic acids is 1. The van der Waals surface area contributed by atoms with Crippen molar-refractivity contribution in [1.29, 1.82) is 0 Å². The Morgan fingerprint density at radius 1 is 1.19 bits per heavy atom. The average molecular weight is 455 g/mol. The number of likely N-dealkylation sites (N-methyl/N-ethyl adjacent to an activating group) is 1. The first-order chi connectivity index (χ1) is 15.2. The van der Waals surface area contributed by atoms with E-state index in [1.807, 2.05) is 58.2 Å². The molecule has 6 nitrogen and oxygen atoms in total. The molecule has 1 fully saturated rings. The van der Waals surface area contributed by atoms with Gasteiger partial charge in [0, 0.05) is 25.2 Å². The van der Waals surface area contributed by atoms with Gasteiger partial charge in [-0.15, -0.1) is 0 Å². The summed E-state index contributed by atoms with van der Waals surface area (Å²) in [4.78, 5) is 21.6. The number of fused-ring (bicyclic) bond motifs is 1. The third-order valence-corrected chi connectivity index (χ3v) is 6.05. The van der Waals surface area contributed by atoms with E-state index in [2.05, 4.69) is 27.7 Å². The predicted molar refractivity (Wildman–Crippen MR) is 130 cm³/mol. The molecule has 0 radical (unpaired) electrons. The molecule has 0 spiro atoms. The summed E-state index contributed by atoms with van der Waals surface area (Å²) in [6.45, 7) is 8.01. The summed E-state index contributed by atoms with van der Waals surface area (Å²) in [7, 11) is 1.83. The van der Waals surface area contributed by atoms with Gasteiger partial charge in [-0.25, -0.2) is 9.78 Å². The Kier molecular flexibility index (Phi) is 6.33. The highest BCUT2D eigenvalue weighted by Crippen LogP contribution is 2.28. The van der Waals surface area contributed by atoms with Crippen molar-refractivity contribution in [1.82, 2.24) is 14.5 Å². The molecule has 7 heteroatoms. The number of nitrogens with zero attached hydrogens (tertiary/aromatic N) is 4. The van der Waals surface area contributed by atoms with Crippen LogP contribution in [0.15, 0.2) is 48.5 Å². The van der Waals surface area contributed by atoms with Gasteiger partial charge in [-0.1, -0.05) is 35.9 Å². The Labute approximate surface area is 194 Å². The van der Waals surface area contributed by atoms with Gasteiger partial charge in [0.25, 0.3) is 0 Å². The normalized spacial score (nSPS) is 16.9. The van der Waals surface area contributed by atoms with Gasteiger partial charge < -0.3 is 19.1 Å². The lowest BCUT2D eigenvalue weighted by Gasteiger charge is -2.38. The standard InChI is InChI=1S/C25H31ClN4O2/c1-25(2,3)32-24(31)28(4)20-8-7-15-29(17-20)23-27-21-9-5-6-10-22(21)30(23)16-18-11-13-19(26)14-12-18/h5-6,9-14,20H,7-8,15-17H2,1-4H3. The molecule has 0 aliphatic carbocycles. The number of hydrogen-bond donors (Lipinski definition) is 0. The van der Waals surface area contributed by atoms with Crippen molar-refractivity contribution in [3.05, 3.63) is 59.1 Å². The molecule has 0 N–H and O–H groups in total. The van der Waals surface area contributed by atoms with Gasteiger partial charge in [-0.2, -0.15) is 0 Å². The zero-order valence-electron chi connectivity index (χ0n) is 19.2. The number of aromatic nitrogens is 2. The Hall–Kier alpha value is -2.73. The molecule has 1 saturated heterocycles. The maximum Gasteiger partial charge on any atom is 0.410 e. The van der Waals surface area contributed by atoms with Crippen LogP contribution >= 0.6 is 11.6 Å². The Morgan fingerprint density at radius 2 is 1.91 bits per heavy atom. The van der Waals surface area contributed by atoms with Crippen LogP contribution in [0, 0.1) is 0 Å². The predicted octanol–water partition coefficient (Wildman–Crippen LogP) is 5.57. The molecule has 1 unspecified atom stereocenters. The summed E-state index contributed by atoms with van der Waals surface area (Å²) in [6, 6.07) is 16.2. The van der Waals surface area contributed by atoms with Crippen LogP contribution in [0.2, 0.25) is 5.02 Å². The van der Waals surface area contributed by atoms with Crippen molar-refractivity contribution in [2.75, 3.05) is 25.0 Å². The van der Waals surface area contributed by atoms with E-state index in [1.165, 1.54) is 5.56 Å². The minimum absolute atomic E-state index is 0.0717. The second-order valence-corrected chi connectivity index (χ2v) is 9.88. The third-order valence-electron chi connectivity index (χ3n) is 5.80. The lowest BCUT2D eigenvalue weighted by atomic mass is 10.1. The van der Waals surface area contributed by atoms with Crippen LogP contribution in [0.5, 0.6) is 0 Å². The van der Waals surface area contributed by atoms with Gasteiger partial charge in [0.05, 0.1) is 23.6 Å². The first-order valence-corrected chi connectivity index (χ1v) is 11.5. The van der Waals surface area contributed by atoms with Crippen molar-refractivity contribution in [2.24, 2.45) is 0 Å². The highest BCUT2D eigenvalue weighted by molar-refractivity contribution is 6.30. The number of imidazole rings is 1. The molecule has 2 aromatic carbocycles. The maximum absolute atomic E-state index is 12.6. The molecule has 0 saturated carbocycles. The van der Waals surface area contributed by atoms with Crippen LogP contribution in [0.1, 0.15) is 39.2 Å². The average Bonchev–Trinajstić information content (AvgIpc) is 3.12. The van der Waals surface area contributed by atoms with Crippen LogP contribution < -0.4 is 4.90 Å². The summed E-state index contributed by atoms with van der Waals surface area (Å²) >= 11 is 6.08. The van der Waals surface area contributed by atoms with Crippen LogP contribution in [0.25, 0.3) is 11.0 Å². The highest BCUT2D eigenvalue weighted by atomic mass is 35.5. The van der Waals surface area contributed by atoms with E-state index >= 15 is 0 Å². The number of benzene rings is 2. The lowest BCUT2D eigenvalue weighted by molar-refractivity contribution is 0.0209. The number of amides is 1. The van der Waals surface area contributed by atoms with E-state index in [-0.39, 0.29) is 12.1 Å². The minimum atomic E-state index is -0.508. The van der Waals surface area contributed by atoms with Gasteiger partial charge in [-0.3, -0.25) is 0 Å². The van der Waals surface area contributed by atoms with Crippen LogP contribution in [0.3, 0.4) is 0 Å². The molecular weight excluding hydrogens is 424 g/mol. The zero-order chi connectivity index (χ0) is 22.9. The molecule has 2 heterocycles. The van der Waals surface area contributed by atoms with E-state index in [4.69, 9.17) is 21.3 Å². The molecule has 1 aromatic heterocycles. The second-order valence-electron chi connectivity index (χ2n) is 9.45. The summed E-state index contributed by atoms with van der Waals surface area (Å²) in [6.07, 6.45) is 1.66. The van der Waals surface area contributed by atoms with Crippen LogP contribution in [-0.4, -0.2) is 52.3 Å². The number of halogens is 1. The Bertz CT molecular complexity index is 1090. The quantitative estimate of drug-likeness (QED) is 0.516. The van der Waals surface area contributed by atoms with Crippen LogP contribution in [0.4, 0.5) is 10.7 Å². The number of rotatable bonds is 4. The van der Waals surface area contributed by atoms with E-state index in [9.17, 15) is 4.79 Å². The molecule has 4 rings (SSSR count). The van der Waals surface area contributed by atoms with Crippen molar-refractivity contribution < 1.29 is 9.53 Å². The number of para-hydroxylation sites is 2. The molecule has 1 aliphatic rings. The fourth-order valence-corrected chi connectivity index (χ4v) is 4.29. The minimum Gasteiger partial charge on any atom is -0.444 e. The molecule has 3 aromatic rings. The first kappa shape index (κ1) is 22.5. The lowest BCUT2D eigenvalue weighted by Crippen LogP contribution is -2.50. The fourth-order valence-electron chi connectivity index (χ4n) is 4.17. The first-order valence-electron chi connectivity index (χ1n) is 11.1. The fraction of sp³-hybridized carbons (Fsp3) is 0.440. The van der Waals surface area contributed by atoms with E-state index < -0.39 is 5.60 Å². The van der Waals surface area contributed by atoms with Crippen LogP contribution in [-0.2, 0) is 11.3 Å². The van der Waals surface area contributed by atoms with Gasteiger partial charge in [0.2, 0.25) is 5.95 Å². The number of hydrogen-bond acceptors (Lipinski definition) is 4. The van der Waals surface area contributed by atoms with Gasteiger partial charge in [0.15, 0.2) is 0 Å². The van der Waals surface area contributed by atoms with E-state index in [1.54, 1.807) is 4.90 Å². The summed E-state index contributed by atoms with van der Waals surface area (Å²) in [5.74, 6) is 0.934. The molecule has 32 heavy (non-hydrogen) atoms. The number of carbonyl (C=O) groups is 1. The molecule has 1 amide bonds. The molecule has 1 aliphatic heterocycles. The largest absolute Gasteiger partial charge is 0.444 e. The Morgan fingerprint density at radius 3 is 2.62 bits per heavy atom. The topological polar surface area (TPSA) is 50.6 Å². The molecule has 0 bridgehead atoms. The van der Waals surface area contributed by atoms with E-state index in [0.29, 0.717) is 6.54 Å². The maximum atomic E-state index is 12.6. The Balaban J connectivity index is 1.61. The van der Waals surface area contributed by atoms with Crippen molar-refractivity contribution in [3.63, 3.8) is 0 Å².